The number of esters is 2. The van der Waals surface area contributed by atoms with E-state index in [1.54, 1.807) is 13.8 Å². The first-order valence-corrected chi connectivity index (χ1v) is 17.2. The van der Waals surface area contributed by atoms with Gasteiger partial charge in [-0.25, -0.2) is 0 Å². The minimum Gasteiger partial charge on any atom is -0.545 e. The van der Waals surface area contributed by atoms with Crippen LogP contribution < -0.4 is 0 Å². The third kappa shape index (κ3) is 5.20. The van der Waals surface area contributed by atoms with Crippen molar-refractivity contribution in [3.63, 3.8) is 0 Å². The molecule has 3 rings (SSSR count). The van der Waals surface area contributed by atoms with E-state index in [2.05, 4.69) is 39.3 Å². The van der Waals surface area contributed by atoms with Gasteiger partial charge in [0, 0.05) is 11.8 Å². The molecule has 3 aliphatic carbocycles. The van der Waals surface area contributed by atoms with Gasteiger partial charge in [0.1, 0.15) is 11.5 Å². The molecule has 6 nitrogen and oxygen atoms in total. The Morgan fingerprint density at radius 3 is 1.32 bits per heavy atom. The third-order valence-electron chi connectivity index (χ3n) is 4.91. The van der Waals surface area contributed by atoms with Gasteiger partial charge in [-0.15, -0.1) is 0 Å². The van der Waals surface area contributed by atoms with Crippen molar-refractivity contribution in [3.05, 3.63) is 11.5 Å². The Labute approximate surface area is 171 Å². The Morgan fingerprint density at radius 2 is 1.07 bits per heavy atom. The Kier molecular flexibility index (Phi) is 7.07. The Hall–Kier alpha value is -1.29. The third-order valence-corrected chi connectivity index (χ3v) is 6.57. The quantitative estimate of drug-likeness (QED) is 0.424. The number of allylic oxidation sites excluding steroid dienone is 2. The lowest BCUT2D eigenvalue weighted by molar-refractivity contribution is -0.170. The summed E-state index contributed by atoms with van der Waals surface area (Å²) in [6.45, 7) is 16.9. The van der Waals surface area contributed by atoms with Gasteiger partial charge in [-0.3, -0.25) is 9.59 Å². The molecule has 1 fully saturated rings. The maximum atomic E-state index is 12.9. The van der Waals surface area contributed by atoms with Crippen LogP contribution in [0.15, 0.2) is 11.5 Å². The standard InChI is InChI=1S/C20H36O6Si2/c1-9-23-19(21)15-13-11-12-14(16(15)20(22)24-10-2)18(26-28(6,7)8)17(13)25-27(3,4)5/h13-16H,9-12H2,1-8H3/t13-,14+,15-,16-/m1/s1. The Bertz CT molecular complexity index is 578. The van der Waals surface area contributed by atoms with Crippen molar-refractivity contribution in [1.82, 2.24) is 0 Å². The van der Waals surface area contributed by atoms with Crippen LogP contribution in [0.3, 0.4) is 0 Å². The van der Waals surface area contributed by atoms with E-state index in [1.807, 2.05) is 0 Å². The molecule has 0 N–H and O–H groups in total. The lowest BCUT2D eigenvalue weighted by Gasteiger charge is -2.49. The first kappa shape index (κ1) is 23.0. The number of hydrogen-bond donors (Lipinski definition) is 0. The molecule has 0 aromatic heterocycles. The molecule has 1 saturated carbocycles. The van der Waals surface area contributed by atoms with E-state index in [1.165, 1.54) is 0 Å². The van der Waals surface area contributed by atoms with E-state index >= 15 is 0 Å². The van der Waals surface area contributed by atoms with E-state index in [0.717, 1.165) is 24.4 Å². The molecule has 0 aromatic carbocycles. The van der Waals surface area contributed by atoms with Gasteiger partial charge >= 0.3 is 11.9 Å². The molecular formula is C20H36O6Si2. The summed E-state index contributed by atoms with van der Waals surface area (Å²) in [5, 5.41) is 0. The molecule has 2 bridgehead atoms. The second kappa shape index (κ2) is 8.61. The van der Waals surface area contributed by atoms with E-state index in [4.69, 9.17) is 18.3 Å². The molecule has 0 aliphatic heterocycles. The summed E-state index contributed by atoms with van der Waals surface area (Å²) >= 11 is 0. The van der Waals surface area contributed by atoms with Crippen LogP contribution in [0.5, 0.6) is 0 Å². The zero-order valence-corrected chi connectivity index (χ0v) is 20.6. The fourth-order valence-corrected chi connectivity index (χ4v) is 6.01. The maximum Gasteiger partial charge on any atom is 0.310 e. The largest absolute Gasteiger partial charge is 0.545 e. The Balaban J connectivity index is 2.57. The van der Waals surface area contributed by atoms with Crippen LogP contribution >= 0.6 is 0 Å². The SMILES string of the molecule is CCOC(=O)[C@H]1[C@H](C(=O)OCC)[C@H]2CC[C@@H]1C(O[Si](C)(C)C)=C2O[Si](C)(C)C. The molecule has 0 radical (unpaired) electrons. The number of ether oxygens (including phenoxy) is 2. The normalized spacial score (nSPS) is 27.4. The number of rotatable bonds is 8. The van der Waals surface area contributed by atoms with Gasteiger partial charge in [0.2, 0.25) is 16.6 Å². The molecule has 0 spiro atoms. The minimum absolute atomic E-state index is 0.198. The second-order valence-corrected chi connectivity index (χ2v) is 18.4. The van der Waals surface area contributed by atoms with Crippen LogP contribution in [-0.4, -0.2) is 41.8 Å². The summed E-state index contributed by atoms with van der Waals surface area (Å²) in [6, 6.07) is 0. The van der Waals surface area contributed by atoms with Crippen molar-refractivity contribution in [2.75, 3.05) is 13.2 Å². The highest BCUT2D eigenvalue weighted by Crippen LogP contribution is 2.54. The average molecular weight is 429 g/mol. The van der Waals surface area contributed by atoms with Crippen molar-refractivity contribution in [1.29, 1.82) is 0 Å². The Morgan fingerprint density at radius 1 is 0.750 bits per heavy atom. The monoisotopic (exact) mass is 428 g/mol. The van der Waals surface area contributed by atoms with Gasteiger partial charge < -0.3 is 18.3 Å². The summed E-state index contributed by atoms with van der Waals surface area (Å²) < 4.78 is 23.7. The summed E-state index contributed by atoms with van der Waals surface area (Å²) in [6.07, 6.45) is 1.59. The molecule has 0 amide bonds. The minimum atomic E-state index is -1.94. The lowest BCUT2D eigenvalue weighted by Crippen LogP contribution is -2.52. The molecule has 3 aliphatic rings. The fraction of sp³-hybridized carbons (Fsp3) is 0.800. The van der Waals surface area contributed by atoms with Gasteiger partial charge in [0.05, 0.1) is 25.0 Å². The number of hydrogen-bond acceptors (Lipinski definition) is 6. The van der Waals surface area contributed by atoms with Gasteiger partial charge in [0.15, 0.2) is 0 Å². The topological polar surface area (TPSA) is 71.1 Å². The molecule has 0 aromatic rings. The zero-order chi connectivity index (χ0) is 21.3. The molecule has 8 heteroatoms. The maximum absolute atomic E-state index is 12.9. The molecule has 28 heavy (non-hydrogen) atoms. The van der Waals surface area contributed by atoms with Gasteiger partial charge in [-0.2, -0.15) is 0 Å². The first-order chi connectivity index (χ1) is 12.9. The van der Waals surface area contributed by atoms with Crippen molar-refractivity contribution >= 4 is 28.6 Å². The van der Waals surface area contributed by atoms with Crippen molar-refractivity contribution in [3.8, 4) is 0 Å². The summed E-state index contributed by atoms with van der Waals surface area (Å²) in [4.78, 5) is 25.8. The molecule has 0 saturated heterocycles. The van der Waals surface area contributed by atoms with Crippen LogP contribution in [0.25, 0.3) is 0 Å². The molecular weight excluding hydrogens is 392 g/mol. The first-order valence-electron chi connectivity index (χ1n) is 10.3. The predicted molar refractivity (Wildman–Crippen MR) is 112 cm³/mol. The second-order valence-electron chi connectivity index (χ2n) is 9.50. The summed E-state index contributed by atoms with van der Waals surface area (Å²) in [5.41, 5.74) is 0. The van der Waals surface area contributed by atoms with E-state index in [9.17, 15) is 9.59 Å². The van der Waals surface area contributed by atoms with Crippen LogP contribution in [0.1, 0.15) is 26.7 Å². The van der Waals surface area contributed by atoms with Gasteiger partial charge in [-0.05, 0) is 66.0 Å². The fourth-order valence-electron chi connectivity index (χ4n) is 4.18. The number of fused-ring (bicyclic) bond motifs is 2. The van der Waals surface area contributed by atoms with E-state index < -0.39 is 28.5 Å². The molecule has 0 heterocycles. The number of carbonyl (C=O) groups is 2. The van der Waals surface area contributed by atoms with Crippen molar-refractivity contribution in [2.24, 2.45) is 23.7 Å². The van der Waals surface area contributed by atoms with E-state index in [0.29, 0.717) is 0 Å². The van der Waals surface area contributed by atoms with Crippen LogP contribution in [0.4, 0.5) is 0 Å². The highest BCUT2D eigenvalue weighted by molar-refractivity contribution is 6.70. The zero-order valence-electron chi connectivity index (χ0n) is 18.6. The van der Waals surface area contributed by atoms with Crippen LogP contribution in [-0.2, 0) is 27.9 Å². The average Bonchev–Trinajstić information content (AvgIpc) is 2.54. The summed E-state index contributed by atoms with van der Waals surface area (Å²) in [5.74, 6) is -0.630. The van der Waals surface area contributed by atoms with E-state index in [-0.39, 0.29) is 37.0 Å². The van der Waals surface area contributed by atoms with Crippen LogP contribution in [0.2, 0.25) is 39.3 Å². The number of carbonyl (C=O) groups excluding carboxylic acids is 2. The van der Waals surface area contributed by atoms with Crippen molar-refractivity contribution < 1.29 is 27.9 Å². The molecule has 0 unspecified atom stereocenters. The summed E-state index contributed by atoms with van der Waals surface area (Å²) in [7, 11) is -3.87. The lowest BCUT2D eigenvalue weighted by atomic mass is 9.60. The molecule has 4 atom stereocenters. The van der Waals surface area contributed by atoms with Crippen LogP contribution in [0, 0.1) is 23.7 Å². The van der Waals surface area contributed by atoms with Gasteiger partial charge in [0.25, 0.3) is 0 Å². The van der Waals surface area contributed by atoms with Gasteiger partial charge in [-0.1, -0.05) is 0 Å². The smallest absolute Gasteiger partial charge is 0.310 e. The highest BCUT2D eigenvalue weighted by Gasteiger charge is 2.57. The molecule has 160 valence electrons. The predicted octanol–water partition coefficient (Wildman–Crippen LogP) is 4.30. The highest BCUT2D eigenvalue weighted by atomic mass is 28.4. The van der Waals surface area contributed by atoms with Crippen molar-refractivity contribution in [2.45, 2.75) is 66.0 Å².